The van der Waals surface area contributed by atoms with E-state index >= 15 is 0 Å². The summed E-state index contributed by atoms with van der Waals surface area (Å²) in [6.07, 6.45) is 7.09. The lowest BCUT2D eigenvalue weighted by atomic mass is 9.54. The molecule has 2 heterocycles. The zero-order chi connectivity index (χ0) is 25.0. The number of phenols is 1. The monoisotopic (exact) mass is 497 g/mol. The highest BCUT2D eigenvalue weighted by molar-refractivity contribution is 7.99. The van der Waals surface area contributed by atoms with Crippen LogP contribution in [0.4, 0.5) is 0 Å². The molecule has 1 aromatic heterocycles. The molecule has 35 heavy (non-hydrogen) atoms. The Balaban J connectivity index is 1.67. The van der Waals surface area contributed by atoms with Gasteiger partial charge in [0.2, 0.25) is 0 Å². The van der Waals surface area contributed by atoms with Crippen molar-refractivity contribution in [3.8, 4) is 5.75 Å². The minimum atomic E-state index is -0.974. The lowest BCUT2D eigenvalue weighted by Gasteiger charge is -2.56. The third kappa shape index (κ3) is 4.23. The van der Waals surface area contributed by atoms with Crippen molar-refractivity contribution >= 4 is 11.8 Å². The predicted molar refractivity (Wildman–Crippen MR) is 145 cm³/mol. The van der Waals surface area contributed by atoms with Crippen LogP contribution in [0.25, 0.3) is 0 Å². The van der Waals surface area contributed by atoms with Crippen molar-refractivity contribution in [1.82, 2.24) is 14.7 Å². The minimum Gasteiger partial charge on any atom is -0.508 e. The first-order chi connectivity index (χ1) is 16.7. The fraction of sp³-hybridized carbons (Fsp3) is 0.690. The van der Waals surface area contributed by atoms with Gasteiger partial charge in [0.15, 0.2) is 0 Å². The number of hydrogen-bond acceptors (Lipinski definition) is 5. The molecule has 0 radical (unpaired) electrons. The van der Waals surface area contributed by atoms with Gasteiger partial charge in [0.1, 0.15) is 5.75 Å². The Bertz CT molecular complexity index is 1070. The zero-order valence-electron chi connectivity index (χ0n) is 22.2. The molecule has 6 heteroatoms. The largest absolute Gasteiger partial charge is 0.508 e. The van der Waals surface area contributed by atoms with Crippen LogP contribution in [0.1, 0.15) is 80.1 Å². The molecular weight excluding hydrogens is 454 g/mol. The number of aliphatic hydroxyl groups is 1. The van der Waals surface area contributed by atoms with Gasteiger partial charge < -0.3 is 15.1 Å². The Labute approximate surface area is 215 Å². The molecule has 1 aliphatic heterocycles. The van der Waals surface area contributed by atoms with Gasteiger partial charge in [-0.25, -0.2) is 0 Å². The first-order valence-corrected chi connectivity index (χ1v) is 14.7. The Kier molecular flexibility index (Phi) is 6.77. The maximum absolute atomic E-state index is 12.9. The van der Waals surface area contributed by atoms with Crippen LogP contribution in [0.5, 0.6) is 5.75 Å². The van der Waals surface area contributed by atoms with Gasteiger partial charge in [0.25, 0.3) is 0 Å². The van der Waals surface area contributed by atoms with Gasteiger partial charge in [-0.2, -0.15) is 16.9 Å². The third-order valence-electron chi connectivity index (χ3n) is 9.54. The number of hydrogen-bond donors (Lipinski definition) is 2. The first-order valence-electron chi connectivity index (χ1n) is 13.6. The average molecular weight is 498 g/mol. The molecule has 2 aliphatic carbocycles. The van der Waals surface area contributed by atoms with Crippen LogP contribution in [0, 0.1) is 19.8 Å². The summed E-state index contributed by atoms with van der Waals surface area (Å²) >= 11 is 2.04. The topological polar surface area (TPSA) is 61.5 Å². The molecule has 192 valence electrons. The van der Waals surface area contributed by atoms with Gasteiger partial charge in [0.05, 0.1) is 17.3 Å². The van der Waals surface area contributed by atoms with Crippen LogP contribution in [0.2, 0.25) is 0 Å². The number of aryl methyl sites for hydroxylation is 2. The van der Waals surface area contributed by atoms with Gasteiger partial charge in [-0.05, 0) is 106 Å². The van der Waals surface area contributed by atoms with E-state index in [0.717, 1.165) is 55.0 Å². The maximum Gasteiger partial charge on any atom is 0.115 e. The van der Waals surface area contributed by atoms with E-state index in [1.165, 1.54) is 35.6 Å². The fourth-order valence-corrected chi connectivity index (χ4v) is 8.09. The maximum atomic E-state index is 12.9. The van der Waals surface area contributed by atoms with E-state index in [2.05, 4.69) is 44.3 Å². The first kappa shape index (κ1) is 25.2. The lowest BCUT2D eigenvalue weighted by molar-refractivity contribution is -0.105. The molecule has 0 amide bonds. The predicted octanol–water partition coefficient (Wildman–Crippen LogP) is 5.18. The molecule has 0 bridgehead atoms. The van der Waals surface area contributed by atoms with Crippen molar-refractivity contribution in [2.45, 2.75) is 95.7 Å². The number of benzene rings is 1. The highest BCUT2D eigenvalue weighted by atomic mass is 32.2. The SMILES string of the molecule is CC[C@]1(c2cc(O)ccc2C)Cc2c(c(C)nn2C2CCSCC2)C[C@@]1(O)[C@@H](C)N(C)CC1CC1. The molecule has 2 N–H and O–H groups in total. The Morgan fingerprint density at radius 2 is 1.89 bits per heavy atom. The Morgan fingerprint density at radius 3 is 2.54 bits per heavy atom. The number of aromatic hydroxyl groups is 1. The summed E-state index contributed by atoms with van der Waals surface area (Å²) < 4.78 is 2.34. The van der Waals surface area contributed by atoms with Gasteiger partial charge in [0, 0.05) is 36.5 Å². The van der Waals surface area contributed by atoms with Crippen molar-refractivity contribution in [2.24, 2.45) is 5.92 Å². The average Bonchev–Trinajstić information content (AvgIpc) is 3.62. The van der Waals surface area contributed by atoms with Crippen LogP contribution in [-0.4, -0.2) is 61.6 Å². The summed E-state index contributed by atoms with van der Waals surface area (Å²) in [4.78, 5) is 2.39. The van der Waals surface area contributed by atoms with Crippen molar-refractivity contribution in [3.05, 3.63) is 46.3 Å². The van der Waals surface area contributed by atoms with E-state index in [1.807, 2.05) is 23.9 Å². The highest BCUT2D eigenvalue weighted by Gasteiger charge is 2.58. The van der Waals surface area contributed by atoms with Gasteiger partial charge >= 0.3 is 0 Å². The highest BCUT2D eigenvalue weighted by Crippen LogP contribution is 2.52. The molecule has 2 aromatic rings. The van der Waals surface area contributed by atoms with Crippen molar-refractivity contribution in [2.75, 3.05) is 25.1 Å². The molecule has 1 saturated carbocycles. The lowest BCUT2D eigenvalue weighted by Crippen LogP contribution is -2.66. The molecule has 3 aliphatic rings. The van der Waals surface area contributed by atoms with E-state index in [9.17, 15) is 10.2 Å². The molecule has 2 fully saturated rings. The number of rotatable bonds is 7. The number of fused-ring (bicyclic) bond motifs is 1. The molecule has 0 spiro atoms. The van der Waals surface area contributed by atoms with Crippen molar-refractivity contribution in [3.63, 3.8) is 0 Å². The summed E-state index contributed by atoms with van der Waals surface area (Å²) in [7, 11) is 2.18. The van der Waals surface area contributed by atoms with Crippen LogP contribution < -0.4 is 0 Å². The zero-order valence-corrected chi connectivity index (χ0v) is 23.0. The van der Waals surface area contributed by atoms with E-state index in [4.69, 9.17) is 5.10 Å². The molecule has 5 nitrogen and oxygen atoms in total. The normalized spacial score (nSPS) is 28.3. The van der Waals surface area contributed by atoms with Gasteiger partial charge in [-0.1, -0.05) is 13.0 Å². The van der Waals surface area contributed by atoms with Crippen LogP contribution in [0.3, 0.4) is 0 Å². The molecule has 5 rings (SSSR count). The van der Waals surface area contributed by atoms with E-state index in [1.54, 1.807) is 6.07 Å². The summed E-state index contributed by atoms with van der Waals surface area (Å²) in [6, 6.07) is 6.13. The smallest absolute Gasteiger partial charge is 0.115 e. The summed E-state index contributed by atoms with van der Waals surface area (Å²) in [5, 5.41) is 28.6. The summed E-state index contributed by atoms with van der Waals surface area (Å²) in [6.45, 7) is 9.73. The van der Waals surface area contributed by atoms with Crippen LogP contribution >= 0.6 is 11.8 Å². The number of phenolic OH excluding ortho intramolecular Hbond substituents is 1. The van der Waals surface area contributed by atoms with E-state index in [-0.39, 0.29) is 11.8 Å². The second kappa shape index (κ2) is 9.42. The molecule has 3 atom stereocenters. The van der Waals surface area contributed by atoms with Gasteiger partial charge in [-0.15, -0.1) is 0 Å². The number of thioether (sulfide) groups is 1. The fourth-order valence-electron chi connectivity index (χ4n) is 7.01. The van der Waals surface area contributed by atoms with E-state index < -0.39 is 11.0 Å². The standard InChI is InChI=1S/C29H43N3O2S/c1-6-28(26-15-24(33)10-7-19(26)2)17-27-25(20(3)30-32(27)23-11-13-35-14-12-23)16-29(28,34)21(4)31(5)18-22-8-9-22/h7,10,15,21-23,33-34H,6,8-9,11-14,16-18H2,1-5H3/t21-,28-,29-/m1/s1. The van der Waals surface area contributed by atoms with Crippen molar-refractivity contribution < 1.29 is 10.2 Å². The summed E-state index contributed by atoms with van der Waals surface area (Å²) in [5.74, 6) is 3.42. The van der Waals surface area contributed by atoms with Crippen LogP contribution in [0.15, 0.2) is 18.2 Å². The molecule has 1 saturated heterocycles. The van der Waals surface area contributed by atoms with Crippen LogP contribution in [-0.2, 0) is 18.3 Å². The summed E-state index contributed by atoms with van der Waals surface area (Å²) in [5.41, 5.74) is 4.38. The Hall–Kier alpha value is -1.50. The third-order valence-corrected chi connectivity index (χ3v) is 10.6. The number of nitrogens with zero attached hydrogens (tertiary/aromatic N) is 3. The number of likely N-dealkylation sites (N-methyl/N-ethyl adjacent to an activating group) is 1. The molecule has 1 aromatic carbocycles. The minimum absolute atomic E-state index is 0.0215. The molecule has 0 unspecified atom stereocenters. The van der Waals surface area contributed by atoms with Crippen molar-refractivity contribution in [1.29, 1.82) is 0 Å². The molecular formula is C29H43N3O2S. The second-order valence-corrected chi connectivity index (χ2v) is 12.8. The Morgan fingerprint density at radius 1 is 1.17 bits per heavy atom. The van der Waals surface area contributed by atoms with Gasteiger partial charge in [-0.3, -0.25) is 4.68 Å². The quantitative estimate of drug-likeness (QED) is 0.552. The number of aromatic nitrogens is 2. The second-order valence-electron chi connectivity index (χ2n) is 11.6. The van der Waals surface area contributed by atoms with E-state index in [0.29, 0.717) is 12.5 Å².